The zero-order valence-corrected chi connectivity index (χ0v) is 19.8. The Hall–Kier alpha value is -3.91. The number of sulfonamides is 1. The van der Waals surface area contributed by atoms with Crippen molar-refractivity contribution in [2.75, 3.05) is 17.2 Å². The molecule has 0 amide bonds. The van der Waals surface area contributed by atoms with Gasteiger partial charge in [-0.3, -0.25) is 0 Å². The maximum Gasteiger partial charge on any atom is 0.405 e. The molecule has 2 heterocycles. The molecular formula is C23H19F5N6O2S. The summed E-state index contributed by atoms with van der Waals surface area (Å²) in [5.74, 6) is -1.66. The van der Waals surface area contributed by atoms with Gasteiger partial charge in [0.25, 0.3) is 0 Å². The molecule has 8 nitrogen and oxygen atoms in total. The Bertz CT molecular complexity index is 1560. The summed E-state index contributed by atoms with van der Waals surface area (Å²) in [6.07, 6.45) is -4.56. The lowest BCUT2D eigenvalue weighted by molar-refractivity contribution is -0.115. The van der Waals surface area contributed by atoms with E-state index in [1.807, 2.05) is 0 Å². The van der Waals surface area contributed by atoms with E-state index in [0.717, 1.165) is 18.2 Å². The van der Waals surface area contributed by atoms with Gasteiger partial charge in [-0.05, 0) is 67.1 Å². The topological polar surface area (TPSA) is 123 Å². The summed E-state index contributed by atoms with van der Waals surface area (Å²) in [4.78, 5) is 12.3. The average molecular weight is 539 g/mol. The number of primary sulfonamides is 1. The molecule has 0 spiro atoms. The van der Waals surface area contributed by atoms with E-state index < -0.39 is 45.3 Å². The maximum atomic E-state index is 14.0. The summed E-state index contributed by atoms with van der Waals surface area (Å²) in [5.41, 5.74) is 1.28. The van der Waals surface area contributed by atoms with E-state index >= 15 is 0 Å². The first-order valence-corrected chi connectivity index (χ1v) is 12.2. The highest BCUT2D eigenvalue weighted by atomic mass is 32.2. The van der Waals surface area contributed by atoms with Crippen molar-refractivity contribution >= 4 is 32.8 Å². The second-order valence-corrected chi connectivity index (χ2v) is 9.63. The molecule has 0 aliphatic carbocycles. The number of halogens is 5. The first-order valence-electron chi connectivity index (χ1n) is 10.6. The normalized spacial score (nSPS) is 12.9. The van der Waals surface area contributed by atoms with Gasteiger partial charge in [0.15, 0.2) is 5.82 Å². The quantitative estimate of drug-likeness (QED) is 0.290. The molecule has 0 fully saturated rings. The predicted octanol–water partition coefficient (Wildman–Crippen LogP) is 4.76. The first-order chi connectivity index (χ1) is 17.3. The minimum absolute atomic E-state index is 0.0338. The van der Waals surface area contributed by atoms with Crippen LogP contribution in [0.4, 0.5) is 33.7 Å². The third-order valence-electron chi connectivity index (χ3n) is 5.21. The highest BCUT2D eigenvalue weighted by Gasteiger charge is 2.28. The van der Waals surface area contributed by atoms with Crippen LogP contribution in [0.25, 0.3) is 22.3 Å². The van der Waals surface area contributed by atoms with Gasteiger partial charge in [0.2, 0.25) is 16.0 Å². The van der Waals surface area contributed by atoms with Gasteiger partial charge in [-0.2, -0.15) is 18.2 Å². The molecule has 2 aromatic heterocycles. The van der Waals surface area contributed by atoms with Crippen molar-refractivity contribution in [3.05, 3.63) is 71.8 Å². The highest BCUT2D eigenvalue weighted by Crippen LogP contribution is 2.28. The van der Waals surface area contributed by atoms with E-state index in [1.54, 1.807) is 13.0 Å². The molecular weight excluding hydrogens is 519 g/mol. The number of benzene rings is 2. The summed E-state index contributed by atoms with van der Waals surface area (Å²) in [7, 11) is -4.19. The Morgan fingerprint density at radius 3 is 2.30 bits per heavy atom. The van der Waals surface area contributed by atoms with Gasteiger partial charge in [-0.15, -0.1) is 0 Å². The molecule has 1 atom stereocenters. The SMILES string of the molecule is CC(Nc1nc(NCC(F)(F)F)c2nc(-c3ccc(F)cc3)ccc2n1)c1cc(F)cc(S(N)(=O)=O)c1. The molecule has 2 aromatic carbocycles. The lowest BCUT2D eigenvalue weighted by atomic mass is 10.1. The van der Waals surface area contributed by atoms with Crippen LogP contribution in [-0.2, 0) is 10.0 Å². The fourth-order valence-corrected chi connectivity index (χ4v) is 4.02. The van der Waals surface area contributed by atoms with Crippen LogP contribution in [0.15, 0.2) is 59.5 Å². The molecule has 1 unspecified atom stereocenters. The fraction of sp³-hybridized carbons (Fsp3) is 0.174. The number of hydrogen-bond acceptors (Lipinski definition) is 7. The molecule has 0 saturated heterocycles. The van der Waals surface area contributed by atoms with Crippen LogP contribution in [0.3, 0.4) is 0 Å². The minimum Gasteiger partial charge on any atom is -0.359 e. The predicted molar refractivity (Wildman–Crippen MR) is 127 cm³/mol. The van der Waals surface area contributed by atoms with Crippen molar-refractivity contribution < 1.29 is 30.4 Å². The number of nitrogens with one attached hydrogen (secondary N) is 2. The van der Waals surface area contributed by atoms with Gasteiger partial charge in [0.1, 0.15) is 23.7 Å². The number of nitrogens with two attached hydrogens (primary N) is 1. The number of fused-ring (bicyclic) bond motifs is 1. The largest absolute Gasteiger partial charge is 0.405 e. The van der Waals surface area contributed by atoms with Gasteiger partial charge >= 0.3 is 6.18 Å². The molecule has 0 bridgehead atoms. The zero-order chi connectivity index (χ0) is 27.0. The number of alkyl halides is 3. The number of pyridine rings is 1. The summed E-state index contributed by atoms with van der Waals surface area (Å²) in [6.45, 7) is 0.145. The van der Waals surface area contributed by atoms with Crippen LogP contribution < -0.4 is 15.8 Å². The van der Waals surface area contributed by atoms with Crippen molar-refractivity contribution in [2.45, 2.75) is 24.0 Å². The molecule has 4 aromatic rings. The van der Waals surface area contributed by atoms with Crippen molar-refractivity contribution in [2.24, 2.45) is 5.14 Å². The van der Waals surface area contributed by atoms with E-state index in [9.17, 15) is 30.4 Å². The molecule has 37 heavy (non-hydrogen) atoms. The van der Waals surface area contributed by atoms with Crippen LogP contribution in [-0.4, -0.2) is 36.1 Å². The van der Waals surface area contributed by atoms with E-state index in [1.165, 1.54) is 30.3 Å². The molecule has 0 radical (unpaired) electrons. The average Bonchev–Trinajstić information content (AvgIpc) is 2.81. The number of anilines is 2. The Kier molecular flexibility index (Phi) is 6.97. The van der Waals surface area contributed by atoms with Gasteiger partial charge in [-0.1, -0.05) is 0 Å². The van der Waals surface area contributed by atoms with E-state index in [0.29, 0.717) is 11.3 Å². The Balaban J connectivity index is 1.73. The van der Waals surface area contributed by atoms with Crippen molar-refractivity contribution in [3.63, 3.8) is 0 Å². The molecule has 4 N–H and O–H groups in total. The highest BCUT2D eigenvalue weighted by molar-refractivity contribution is 7.89. The summed E-state index contributed by atoms with van der Waals surface area (Å²) < 4.78 is 89.5. The van der Waals surface area contributed by atoms with Crippen molar-refractivity contribution in [3.8, 4) is 11.3 Å². The van der Waals surface area contributed by atoms with Gasteiger partial charge in [0, 0.05) is 5.56 Å². The third kappa shape index (κ3) is 6.46. The smallest absolute Gasteiger partial charge is 0.359 e. The standard InChI is InChI=1S/C23H19F5N6O2S/c1-12(14-8-16(25)10-17(9-14)37(29,35)36)31-22-33-19-7-6-18(13-2-4-15(24)5-3-13)32-20(19)21(34-22)30-11-23(26,27)28/h2-10,12H,11H2,1H3,(H2,29,35,36)(H2,30,31,33,34). The van der Waals surface area contributed by atoms with Crippen LogP contribution in [0.1, 0.15) is 18.5 Å². The molecule has 0 aliphatic heterocycles. The first kappa shape index (κ1) is 26.2. The third-order valence-corrected chi connectivity index (χ3v) is 6.10. The number of nitrogens with zero attached hydrogens (tertiary/aromatic N) is 3. The van der Waals surface area contributed by atoms with E-state index in [2.05, 4.69) is 25.6 Å². The van der Waals surface area contributed by atoms with Crippen molar-refractivity contribution in [1.82, 2.24) is 15.0 Å². The van der Waals surface area contributed by atoms with Crippen LogP contribution in [0.5, 0.6) is 0 Å². The molecule has 0 aliphatic rings. The molecule has 194 valence electrons. The minimum atomic E-state index is -4.56. The molecule has 0 saturated carbocycles. The van der Waals surface area contributed by atoms with E-state index in [4.69, 9.17) is 5.14 Å². The van der Waals surface area contributed by atoms with Crippen molar-refractivity contribution in [1.29, 1.82) is 0 Å². The van der Waals surface area contributed by atoms with Crippen LogP contribution in [0, 0.1) is 11.6 Å². The summed E-state index contributed by atoms with van der Waals surface area (Å²) in [5, 5.41) is 10.1. The zero-order valence-electron chi connectivity index (χ0n) is 19.0. The van der Waals surface area contributed by atoms with Crippen LogP contribution >= 0.6 is 0 Å². The number of rotatable bonds is 7. The monoisotopic (exact) mass is 538 g/mol. The fourth-order valence-electron chi connectivity index (χ4n) is 3.44. The number of hydrogen-bond donors (Lipinski definition) is 3. The van der Waals surface area contributed by atoms with Gasteiger partial charge in [0.05, 0.1) is 22.1 Å². The Morgan fingerprint density at radius 2 is 1.65 bits per heavy atom. The van der Waals surface area contributed by atoms with Gasteiger partial charge < -0.3 is 10.6 Å². The molecule has 14 heteroatoms. The second-order valence-electron chi connectivity index (χ2n) is 8.07. The maximum absolute atomic E-state index is 14.0. The lowest BCUT2D eigenvalue weighted by Crippen LogP contribution is -2.22. The lowest BCUT2D eigenvalue weighted by Gasteiger charge is -2.17. The second kappa shape index (κ2) is 9.86. The Morgan fingerprint density at radius 1 is 0.946 bits per heavy atom. The van der Waals surface area contributed by atoms with Gasteiger partial charge in [-0.25, -0.2) is 32.3 Å². The van der Waals surface area contributed by atoms with Crippen LogP contribution in [0.2, 0.25) is 0 Å². The summed E-state index contributed by atoms with van der Waals surface area (Å²) >= 11 is 0. The molecule has 4 rings (SSSR count). The summed E-state index contributed by atoms with van der Waals surface area (Å²) in [6, 6.07) is 10.7. The Labute approximate surface area is 207 Å². The number of aromatic nitrogens is 3. The van der Waals surface area contributed by atoms with E-state index in [-0.39, 0.29) is 28.4 Å².